The van der Waals surface area contributed by atoms with E-state index in [0.717, 1.165) is 25.7 Å². The van der Waals surface area contributed by atoms with Crippen molar-refractivity contribution in [2.24, 2.45) is 0 Å². The first kappa shape index (κ1) is 18.7. The van der Waals surface area contributed by atoms with Crippen molar-refractivity contribution in [3.05, 3.63) is 29.3 Å². The van der Waals surface area contributed by atoms with Crippen LogP contribution in [-0.2, 0) is 19.5 Å². The monoisotopic (exact) mass is 361 g/mol. The Balaban J connectivity index is 2.13. The number of benzene rings is 1. The quantitative estimate of drug-likeness (QED) is 0.721. The van der Waals surface area contributed by atoms with Gasteiger partial charge in [-0.05, 0) is 43.5 Å². The lowest BCUT2D eigenvalue weighted by Crippen LogP contribution is -2.46. The summed E-state index contributed by atoms with van der Waals surface area (Å²) in [5.41, 5.74) is -0.423. The fourth-order valence-corrected chi connectivity index (χ4v) is 4.75. The van der Waals surface area contributed by atoms with Gasteiger partial charge >= 0.3 is 0 Å². The first-order valence-corrected chi connectivity index (χ1v) is 9.62. The topological polar surface area (TPSA) is 64.6 Å². The molecule has 0 aromatic heterocycles. The lowest BCUT2D eigenvalue weighted by molar-refractivity contribution is -0.109. The predicted octanol–water partition coefficient (Wildman–Crippen LogP) is 3.33. The Kier molecular flexibility index (Phi) is 6.45. The van der Waals surface area contributed by atoms with E-state index < -0.39 is 15.6 Å². The molecule has 1 N–H and O–H groups in total. The molecule has 0 radical (unpaired) electrons. The van der Waals surface area contributed by atoms with Crippen LogP contribution >= 0.6 is 11.6 Å². The largest absolute Gasteiger partial charge is 0.356 e. The van der Waals surface area contributed by atoms with Crippen molar-refractivity contribution in [2.75, 3.05) is 14.2 Å². The second-order valence-corrected chi connectivity index (χ2v) is 8.11. The fourth-order valence-electron chi connectivity index (χ4n) is 3.14. The minimum atomic E-state index is -3.57. The smallest absolute Gasteiger partial charge is 0.241 e. The van der Waals surface area contributed by atoms with Gasteiger partial charge in [-0.3, -0.25) is 0 Å². The molecule has 23 heavy (non-hydrogen) atoms. The van der Waals surface area contributed by atoms with Gasteiger partial charge in [0.1, 0.15) is 0 Å². The average Bonchev–Trinajstić information content (AvgIpc) is 2.96. The molecule has 1 saturated carbocycles. The number of ether oxygens (including phenoxy) is 2. The molecule has 1 aliphatic rings. The number of nitrogens with one attached hydrogen (secondary N) is 1. The van der Waals surface area contributed by atoms with Crippen LogP contribution in [0.4, 0.5) is 0 Å². The zero-order valence-corrected chi connectivity index (χ0v) is 15.1. The van der Waals surface area contributed by atoms with E-state index in [1.807, 2.05) is 0 Å². The van der Waals surface area contributed by atoms with E-state index in [9.17, 15) is 8.42 Å². The molecule has 1 aromatic carbocycles. The predicted molar refractivity (Wildman–Crippen MR) is 90.0 cm³/mol. The molecule has 0 unspecified atom stereocenters. The third kappa shape index (κ3) is 4.90. The van der Waals surface area contributed by atoms with Crippen LogP contribution in [0, 0.1) is 0 Å². The van der Waals surface area contributed by atoms with Gasteiger partial charge in [-0.15, -0.1) is 0 Å². The van der Waals surface area contributed by atoms with Crippen molar-refractivity contribution < 1.29 is 17.9 Å². The maximum Gasteiger partial charge on any atom is 0.241 e. The third-order valence-electron chi connectivity index (χ3n) is 4.42. The van der Waals surface area contributed by atoms with Gasteiger partial charge in [0.2, 0.25) is 10.0 Å². The highest BCUT2D eigenvalue weighted by Crippen LogP contribution is 2.35. The lowest BCUT2D eigenvalue weighted by Gasteiger charge is -2.31. The second kappa shape index (κ2) is 7.94. The number of hydrogen-bond acceptors (Lipinski definition) is 4. The summed E-state index contributed by atoms with van der Waals surface area (Å²) in [6, 6.07) is 6.23. The van der Waals surface area contributed by atoms with Crippen LogP contribution in [0.25, 0.3) is 0 Å². The highest BCUT2D eigenvalue weighted by atomic mass is 35.5. The first-order chi connectivity index (χ1) is 10.9. The Labute approximate surface area is 143 Å². The summed E-state index contributed by atoms with van der Waals surface area (Å²) in [7, 11) is -0.389. The van der Waals surface area contributed by atoms with Crippen LogP contribution in [-0.4, -0.2) is 34.5 Å². The molecular weight excluding hydrogens is 338 g/mol. The maximum atomic E-state index is 12.7. The fraction of sp³-hybridized carbons (Fsp3) is 0.625. The van der Waals surface area contributed by atoms with Crippen molar-refractivity contribution in [3.63, 3.8) is 0 Å². The van der Waals surface area contributed by atoms with Crippen LogP contribution in [0.2, 0.25) is 5.02 Å². The Bertz CT molecular complexity index is 593. The molecule has 1 fully saturated rings. The van der Waals surface area contributed by atoms with E-state index in [4.69, 9.17) is 21.1 Å². The molecule has 0 bridgehead atoms. The van der Waals surface area contributed by atoms with Gasteiger partial charge in [0.15, 0.2) is 6.29 Å². The van der Waals surface area contributed by atoms with Crippen LogP contribution in [0.3, 0.4) is 0 Å². The first-order valence-electron chi connectivity index (χ1n) is 7.76. The van der Waals surface area contributed by atoms with Crippen molar-refractivity contribution in [1.29, 1.82) is 0 Å². The highest BCUT2D eigenvalue weighted by Gasteiger charge is 2.38. The number of rotatable bonds is 8. The average molecular weight is 362 g/mol. The maximum absolute atomic E-state index is 12.7. The molecule has 0 aliphatic heterocycles. The van der Waals surface area contributed by atoms with Crippen molar-refractivity contribution in [3.8, 4) is 0 Å². The molecule has 1 aromatic rings. The number of hydrogen-bond donors (Lipinski definition) is 1. The minimum Gasteiger partial charge on any atom is -0.356 e. The van der Waals surface area contributed by atoms with Gasteiger partial charge in [0.05, 0.1) is 4.90 Å². The molecule has 0 saturated heterocycles. The molecule has 0 spiro atoms. The molecular formula is C16H24ClNO4S. The molecule has 0 heterocycles. The van der Waals surface area contributed by atoms with E-state index in [1.165, 1.54) is 12.1 Å². The number of methoxy groups -OCH3 is 2. The van der Waals surface area contributed by atoms with Crippen molar-refractivity contribution >= 4 is 21.6 Å². The van der Waals surface area contributed by atoms with Crippen LogP contribution in [0.1, 0.15) is 38.5 Å². The summed E-state index contributed by atoms with van der Waals surface area (Å²) in [5.74, 6) is 0. The summed E-state index contributed by atoms with van der Waals surface area (Å²) in [6.45, 7) is 0. The van der Waals surface area contributed by atoms with E-state index in [-0.39, 0.29) is 11.2 Å². The van der Waals surface area contributed by atoms with Gasteiger partial charge in [-0.1, -0.05) is 24.4 Å². The Morgan fingerprint density at radius 2 is 1.74 bits per heavy atom. The Hall–Kier alpha value is -0.660. The van der Waals surface area contributed by atoms with E-state index in [0.29, 0.717) is 17.9 Å². The molecule has 1 aliphatic carbocycles. The zero-order chi connectivity index (χ0) is 16.9. The molecule has 7 heteroatoms. The molecule has 0 atom stereocenters. The van der Waals surface area contributed by atoms with Crippen LogP contribution in [0.5, 0.6) is 0 Å². The number of sulfonamides is 1. The lowest BCUT2D eigenvalue weighted by atomic mass is 9.93. The highest BCUT2D eigenvalue weighted by molar-refractivity contribution is 7.89. The van der Waals surface area contributed by atoms with Gasteiger partial charge in [-0.25, -0.2) is 13.1 Å². The normalized spacial score (nSPS) is 17.7. The van der Waals surface area contributed by atoms with Crippen LogP contribution < -0.4 is 4.72 Å². The Morgan fingerprint density at radius 3 is 2.26 bits per heavy atom. The van der Waals surface area contributed by atoms with Gasteiger partial charge in [0.25, 0.3) is 0 Å². The zero-order valence-electron chi connectivity index (χ0n) is 13.5. The minimum absolute atomic E-state index is 0.239. The van der Waals surface area contributed by atoms with Crippen LogP contribution in [0.15, 0.2) is 29.2 Å². The molecule has 5 nitrogen and oxygen atoms in total. The van der Waals surface area contributed by atoms with E-state index in [2.05, 4.69) is 4.72 Å². The van der Waals surface area contributed by atoms with Gasteiger partial charge in [-0.2, -0.15) is 0 Å². The summed E-state index contributed by atoms with van der Waals surface area (Å²) in [4.78, 5) is 0.239. The second-order valence-electron chi connectivity index (χ2n) is 5.99. The van der Waals surface area contributed by atoms with E-state index >= 15 is 0 Å². The summed E-state index contributed by atoms with van der Waals surface area (Å²) in [6.07, 6.45) is 4.73. The van der Waals surface area contributed by atoms with Gasteiger partial charge < -0.3 is 9.47 Å². The Morgan fingerprint density at radius 1 is 1.17 bits per heavy atom. The SMILES string of the molecule is COC(CCC1(NS(=O)(=O)c2ccc(Cl)cc2)CCCC1)OC. The summed E-state index contributed by atoms with van der Waals surface area (Å²) in [5, 5.41) is 0.516. The van der Waals surface area contributed by atoms with Crippen molar-refractivity contribution in [1.82, 2.24) is 4.72 Å². The molecule has 2 rings (SSSR count). The number of halogens is 1. The summed E-state index contributed by atoms with van der Waals surface area (Å²) >= 11 is 5.83. The van der Waals surface area contributed by atoms with E-state index in [1.54, 1.807) is 26.4 Å². The van der Waals surface area contributed by atoms with Crippen molar-refractivity contribution in [2.45, 2.75) is 55.2 Å². The van der Waals surface area contributed by atoms with Gasteiger partial charge in [0, 0.05) is 31.2 Å². The third-order valence-corrected chi connectivity index (χ3v) is 6.27. The standard InChI is InChI=1S/C16H24ClNO4S/c1-21-15(22-2)9-12-16(10-3-4-11-16)18-23(19,20)14-7-5-13(17)6-8-14/h5-8,15,18H,3-4,9-12H2,1-2H3. The molecule has 0 amide bonds. The summed E-state index contributed by atoms with van der Waals surface area (Å²) < 4.78 is 38.7. The molecule has 130 valence electrons.